The van der Waals surface area contributed by atoms with Crippen molar-refractivity contribution in [1.29, 1.82) is 0 Å². The SMILES string of the molecule is [2H]C([2H])([2H])c1ccc2c(n1)oc1c(-c3cc(-c4ccc(C)cc4)ccn3)cccc12. The highest BCUT2D eigenvalue weighted by Gasteiger charge is 2.14. The highest BCUT2D eigenvalue weighted by molar-refractivity contribution is 6.08. The number of aryl methyl sites for hydroxylation is 2. The second kappa shape index (κ2) is 6.06. The molecule has 0 amide bonds. The minimum absolute atomic E-state index is 0.0232. The van der Waals surface area contributed by atoms with Gasteiger partial charge in [0.15, 0.2) is 0 Å². The molecule has 0 aliphatic carbocycles. The lowest BCUT2D eigenvalue weighted by molar-refractivity contribution is 0.653. The van der Waals surface area contributed by atoms with Crippen molar-refractivity contribution in [2.24, 2.45) is 0 Å². The van der Waals surface area contributed by atoms with Crippen LogP contribution < -0.4 is 0 Å². The van der Waals surface area contributed by atoms with Crippen LogP contribution in [0.2, 0.25) is 0 Å². The standard InChI is InChI=1S/C24H18N2O/c1-15-6-9-17(10-7-15)18-12-13-25-22(14-18)21-5-3-4-19-20-11-8-16(2)26-24(20)27-23(19)21/h3-14H,1-2H3/i2D3. The Morgan fingerprint density at radius 1 is 0.889 bits per heavy atom. The smallest absolute Gasteiger partial charge is 0.227 e. The van der Waals surface area contributed by atoms with Gasteiger partial charge < -0.3 is 4.42 Å². The lowest BCUT2D eigenvalue weighted by atomic mass is 10.0. The van der Waals surface area contributed by atoms with Crippen LogP contribution in [-0.2, 0) is 0 Å². The minimum Gasteiger partial charge on any atom is -0.437 e. The Labute approximate surface area is 161 Å². The van der Waals surface area contributed by atoms with Crippen molar-refractivity contribution in [2.45, 2.75) is 13.8 Å². The van der Waals surface area contributed by atoms with E-state index in [0.29, 0.717) is 11.3 Å². The fraction of sp³-hybridized carbons (Fsp3) is 0.0833. The van der Waals surface area contributed by atoms with Gasteiger partial charge in [0, 0.05) is 32.3 Å². The predicted molar refractivity (Wildman–Crippen MR) is 110 cm³/mol. The maximum atomic E-state index is 7.60. The van der Waals surface area contributed by atoms with Crippen molar-refractivity contribution in [2.75, 3.05) is 0 Å². The van der Waals surface area contributed by atoms with Crippen LogP contribution in [0.15, 0.2) is 77.3 Å². The summed E-state index contributed by atoms with van der Waals surface area (Å²) in [7, 11) is 0. The first-order valence-corrected chi connectivity index (χ1v) is 8.76. The molecule has 5 aromatic rings. The van der Waals surface area contributed by atoms with Gasteiger partial charge in [-0.15, -0.1) is 0 Å². The Kier molecular flexibility index (Phi) is 2.88. The number of fused-ring (bicyclic) bond motifs is 3. The summed E-state index contributed by atoms with van der Waals surface area (Å²) in [6.45, 7) is -0.213. The second-order valence-electron chi connectivity index (χ2n) is 6.63. The van der Waals surface area contributed by atoms with Crippen LogP contribution in [0.3, 0.4) is 0 Å². The highest BCUT2D eigenvalue weighted by Crippen LogP contribution is 2.35. The monoisotopic (exact) mass is 353 g/mol. The molecule has 0 saturated carbocycles. The zero-order valence-electron chi connectivity index (χ0n) is 17.7. The first kappa shape index (κ1) is 12.8. The Morgan fingerprint density at radius 2 is 1.78 bits per heavy atom. The van der Waals surface area contributed by atoms with E-state index in [2.05, 4.69) is 41.2 Å². The van der Waals surface area contributed by atoms with E-state index < -0.39 is 6.85 Å². The van der Waals surface area contributed by atoms with Crippen LogP contribution in [0.25, 0.3) is 44.5 Å². The van der Waals surface area contributed by atoms with Gasteiger partial charge in [0.1, 0.15) is 5.58 Å². The van der Waals surface area contributed by atoms with Gasteiger partial charge >= 0.3 is 0 Å². The molecule has 0 aliphatic rings. The fourth-order valence-electron chi connectivity index (χ4n) is 3.38. The first-order valence-electron chi connectivity index (χ1n) is 10.3. The van der Waals surface area contributed by atoms with E-state index in [9.17, 15) is 0 Å². The molecule has 2 aromatic carbocycles. The summed E-state index contributed by atoms with van der Waals surface area (Å²) < 4.78 is 28.8. The molecule has 0 atom stereocenters. The molecular formula is C24H18N2O. The quantitative estimate of drug-likeness (QED) is 0.372. The van der Waals surface area contributed by atoms with Gasteiger partial charge in [-0.25, -0.2) is 4.98 Å². The largest absolute Gasteiger partial charge is 0.437 e. The van der Waals surface area contributed by atoms with E-state index >= 15 is 0 Å². The lowest BCUT2D eigenvalue weighted by Crippen LogP contribution is -1.86. The van der Waals surface area contributed by atoms with E-state index in [-0.39, 0.29) is 5.69 Å². The Balaban J connectivity index is 1.68. The summed E-state index contributed by atoms with van der Waals surface area (Å²) >= 11 is 0. The molecule has 3 heteroatoms. The summed E-state index contributed by atoms with van der Waals surface area (Å²) in [5, 5.41) is 1.67. The van der Waals surface area contributed by atoms with Crippen molar-refractivity contribution in [3.8, 4) is 22.4 Å². The van der Waals surface area contributed by atoms with Crippen molar-refractivity contribution < 1.29 is 8.53 Å². The molecule has 27 heavy (non-hydrogen) atoms. The minimum atomic E-state index is -2.28. The normalized spacial score (nSPS) is 13.4. The predicted octanol–water partition coefficient (Wildman–Crippen LogP) is 6.33. The van der Waals surface area contributed by atoms with Gasteiger partial charge in [-0.05, 0) is 55.2 Å². The number of hydrogen-bond acceptors (Lipinski definition) is 3. The molecule has 0 fully saturated rings. The van der Waals surface area contributed by atoms with Crippen molar-refractivity contribution in [1.82, 2.24) is 9.97 Å². The van der Waals surface area contributed by atoms with E-state index in [1.54, 1.807) is 12.3 Å². The molecule has 0 aliphatic heterocycles. The van der Waals surface area contributed by atoms with E-state index in [0.717, 1.165) is 33.2 Å². The van der Waals surface area contributed by atoms with Crippen molar-refractivity contribution in [3.05, 3.63) is 84.2 Å². The molecule has 0 saturated heterocycles. The Bertz CT molecular complexity index is 1390. The fourth-order valence-corrected chi connectivity index (χ4v) is 3.38. The molecular weight excluding hydrogens is 332 g/mol. The van der Waals surface area contributed by atoms with Crippen LogP contribution in [0.1, 0.15) is 15.4 Å². The number of rotatable bonds is 2. The second-order valence-corrected chi connectivity index (χ2v) is 6.63. The van der Waals surface area contributed by atoms with Crippen molar-refractivity contribution >= 4 is 22.1 Å². The van der Waals surface area contributed by atoms with Gasteiger partial charge in [-0.3, -0.25) is 4.98 Å². The van der Waals surface area contributed by atoms with E-state index in [4.69, 9.17) is 8.53 Å². The lowest BCUT2D eigenvalue weighted by Gasteiger charge is -2.06. The van der Waals surface area contributed by atoms with Crippen LogP contribution in [0.5, 0.6) is 0 Å². The first-order chi connectivity index (χ1) is 14.4. The zero-order valence-corrected chi connectivity index (χ0v) is 14.7. The molecule has 0 unspecified atom stereocenters. The third-order valence-corrected chi connectivity index (χ3v) is 4.79. The molecule has 5 rings (SSSR count). The number of furan rings is 1. The maximum absolute atomic E-state index is 7.60. The summed E-state index contributed by atoms with van der Waals surface area (Å²) in [5.74, 6) is 0. The van der Waals surface area contributed by atoms with E-state index in [1.165, 1.54) is 11.6 Å². The van der Waals surface area contributed by atoms with Crippen LogP contribution in [0, 0.1) is 13.8 Å². The summed E-state index contributed by atoms with van der Waals surface area (Å²) in [4.78, 5) is 8.80. The molecule has 0 N–H and O–H groups in total. The molecule has 3 nitrogen and oxygen atoms in total. The number of aromatic nitrogens is 2. The number of pyridine rings is 2. The van der Waals surface area contributed by atoms with Crippen LogP contribution in [-0.4, -0.2) is 9.97 Å². The van der Waals surface area contributed by atoms with Gasteiger partial charge in [0.2, 0.25) is 5.71 Å². The Hall–Kier alpha value is -3.46. The molecule has 0 spiro atoms. The molecule has 130 valence electrons. The Morgan fingerprint density at radius 3 is 2.63 bits per heavy atom. The zero-order chi connectivity index (χ0) is 20.9. The summed E-state index contributed by atoms with van der Waals surface area (Å²) in [6, 6.07) is 21.5. The van der Waals surface area contributed by atoms with Gasteiger partial charge in [-0.2, -0.15) is 0 Å². The number of nitrogens with zero attached hydrogens (tertiary/aromatic N) is 2. The number of para-hydroxylation sites is 1. The van der Waals surface area contributed by atoms with Gasteiger partial charge in [-0.1, -0.05) is 42.0 Å². The van der Waals surface area contributed by atoms with Gasteiger partial charge in [0.25, 0.3) is 0 Å². The van der Waals surface area contributed by atoms with Crippen LogP contribution >= 0.6 is 0 Å². The van der Waals surface area contributed by atoms with Crippen molar-refractivity contribution in [3.63, 3.8) is 0 Å². The number of benzene rings is 2. The summed E-state index contributed by atoms with van der Waals surface area (Å²) in [5.41, 5.74) is 6.01. The summed E-state index contributed by atoms with van der Waals surface area (Å²) in [6.07, 6.45) is 1.79. The van der Waals surface area contributed by atoms with Gasteiger partial charge in [0.05, 0.1) is 5.69 Å². The highest BCUT2D eigenvalue weighted by atomic mass is 16.3. The van der Waals surface area contributed by atoms with E-state index in [1.807, 2.05) is 30.3 Å². The molecule has 0 radical (unpaired) electrons. The molecule has 3 heterocycles. The number of hydrogen-bond donors (Lipinski definition) is 0. The third-order valence-electron chi connectivity index (χ3n) is 4.79. The topological polar surface area (TPSA) is 38.9 Å². The third kappa shape index (κ3) is 2.68. The molecule has 3 aromatic heterocycles. The average Bonchev–Trinajstić information content (AvgIpc) is 3.12. The average molecular weight is 353 g/mol. The molecule has 0 bridgehead atoms. The maximum Gasteiger partial charge on any atom is 0.227 e. The van der Waals surface area contributed by atoms with Crippen LogP contribution in [0.4, 0.5) is 0 Å².